The molecule has 0 fully saturated rings. The summed E-state index contributed by atoms with van der Waals surface area (Å²) in [6, 6.07) is 5.12. The molecule has 0 aliphatic carbocycles. The number of benzene rings is 1. The molecule has 1 heterocycles. The lowest BCUT2D eigenvalue weighted by Crippen LogP contribution is -2.12. The van der Waals surface area contributed by atoms with Gasteiger partial charge in [-0.25, -0.2) is 0 Å². The van der Waals surface area contributed by atoms with Crippen LogP contribution in [-0.2, 0) is 6.54 Å². The van der Waals surface area contributed by atoms with Crippen LogP contribution in [0.3, 0.4) is 0 Å². The molecule has 1 aromatic heterocycles. The molecular weight excluding hydrogens is 261 g/mol. The quantitative estimate of drug-likeness (QED) is 0.928. The molecule has 2 aromatic rings. The van der Waals surface area contributed by atoms with Crippen molar-refractivity contribution in [3.8, 4) is 11.5 Å². The van der Waals surface area contributed by atoms with Gasteiger partial charge in [0.05, 0.1) is 6.54 Å². The Bertz CT molecular complexity index is 493. The van der Waals surface area contributed by atoms with Gasteiger partial charge in [0.1, 0.15) is 0 Å². The van der Waals surface area contributed by atoms with Crippen molar-refractivity contribution in [2.24, 2.45) is 0 Å². The number of hydrogen-bond donors (Lipinski definition) is 1. The molecule has 0 bridgehead atoms. The molecule has 1 N–H and O–H groups in total. The first-order valence-electron chi connectivity index (χ1n) is 5.19. The second kappa shape index (κ2) is 5.49. The molecule has 0 aliphatic rings. The molecule has 6 heteroatoms. The number of nitrogens with one attached hydrogen (secondary N) is 1. The van der Waals surface area contributed by atoms with Gasteiger partial charge in [0.25, 0.3) is 5.89 Å². The third-order valence-corrected chi connectivity index (χ3v) is 2.55. The van der Waals surface area contributed by atoms with E-state index in [1.54, 1.807) is 18.2 Å². The zero-order valence-corrected chi connectivity index (χ0v) is 10.7. The average molecular weight is 272 g/mol. The van der Waals surface area contributed by atoms with E-state index in [2.05, 4.69) is 15.5 Å². The van der Waals surface area contributed by atoms with Crippen molar-refractivity contribution < 1.29 is 4.52 Å². The first-order valence-corrected chi connectivity index (χ1v) is 5.94. The van der Waals surface area contributed by atoms with Crippen molar-refractivity contribution in [2.75, 3.05) is 6.54 Å². The van der Waals surface area contributed by atoms with Crippen LogP contribution in [0.5, 0.6) is 0 Å². The molecule has 0 saturated heterocycles. The highest BCUT2D eigenvalue weighted by Crippen LogP contribution is 2.25. The van der Waals surface area contributed by atoms with Gasteiger partial charge in [0, 0.05) is 15.6 Å². The van der Waals surface area contributed by atoms with Gasteiger partial charge in [0.2, 0.25) is 0 Å². The zero-order chi connectivity index (χ0) is 12.3. The maximum atomic E-state index is 5.90. The normalized spacial score (nSPS) is 10.8. The van der Waals surface area contributed by atoms with Crippen molar-refractivity contribution in [2.45, 2.75) is 13.5 Å². The summed E-state index contributed by atoms with van der Waals surface area (Å²) in [7, 11) is 0. The number of aromatic nitrogens is 2. The molecule has 2 rings (SSSR count). The second-order valence-electron chi connectivity index (χ2n) is 3.45. The summed E-state index contributed by atoms with van der Waals surface area (Å²) in [4.78, 5) is 4.24. The Morgan fingerprint density at radius 2 is 1.94 bits per heavy atom. The van der Waals surface area contributed by atoms with Crippen molar-refractivity contribution in [3.05, 3.63) is 34.1 Å². The Kier molecular flexibility index (Phi) is 3.99. The number of nitrogens with zero attached hydrogens (tertiary/aromatic N) is 2. The van der Waals surface area contributed by atoms with E-state index in [4.69, 9.17) is 27.7 Å². The number of hydrogen-bond acceptors (Lipinski definition) is 4. The SMILES string of the molecule is CCNCc1noc(-c2cc(Cl)cc(Cl)c2)n1. The van der Waals surface area contributed by atoms with Crippen LogP contribution in [0.4, 0.5) is 0 Å². The molecule has 0 radical (unpaired) electrons. The van der Waals surface area contributed by atoms with Gasteiger partial charge in [-0.15, -0.1) is 0 Å². The predicted octanol–water partition coefficient (Wildman–Crippen LogP) is 3.15. The van der Waals surface area contributed by atoms with Gasteiger partial charge in [-0.2, -0.15) is 4.98 Å². The van der Waals surface area contributed by atoms with Gasteiger partial charge < -0.3 is 9.84 Å². The molecule has 0 unspecified atom stereocenters. The third-order valence-electron chi connectivity index (χ3n) is 2.11. The maximum absolute atomic E-state index is 5.90. The highest BCUT2D eigenvalue weighted by atomic mass is 35.5. The van der Waals surface area contributed by atoms with E-state index in [0.717, 1.165) is 12.1 Å². The van der Waals surface area contributed by atoms with E-state index >= 15 is 0 Å². The molecule has 17 heavy (non-hydrogen) atoms. The van der Waals surface area contributed by atoms with Gasteiger partial charge >= 0.3 is 0 Å². The maximum Gasteiger partial charge on any atom is 0.258 e. The van der Waals surface area contributed by atoms with Crippen molar-refractivity contribution >= 4 is 23.2 Å². The smallest absolute Gasteiger partial charge is 0.258 e. The molecule has 1 aromatic carbocycles. The minimum absolute atomic E-state index is 0.419. The molecule has 0 amide bonds. The van der Waals surface area contributed by atoms with E-state index < -0.39 is 0 Å². The highest BCUT2D eigenvalue weighted by Gasteiger charge is 2.09. The standard InChI is InChI=1S/C11H11Cl2N3O/c1-2-14-6-10-15-11(17-16-10)7-3-8(12)5-9(13)4-7/h3-5,14H,2,6H2,1H3. The Balaban J connectivity index is 2.24. The van der Waals surface area contributed by atoms with Crippen LogP contribution < -0.4 is 5.32 Å². The first kappa shape index (κ1) is 12.4. The molecule has 0 spiro atoms. The molecular formula is C11H11Cl2N3O. The van der Waals surface area contributed by atoms with Gasteiger partial charge in [-0.1, -0.05) is 35.3 Å². The summed E-state index contributed by atoms with van der Waals surface area (Å²) < 4.78 is 5.14. The number of rotatable bonds is 4. The summed E-state index contributed by atoms with van der Waals surface area (Å²) >= 11 is 11.8. The lowest BCUT2D eigenvalue weighted by Gasteiger charge is -1.97. The monoisotopic (exact) mass is 271 g/mol. The van der Waals surface area contributed by atoms with Gasteiger partial charge in [-0.3, -0.25) is 0 Å². The lowest BCUT2D eigenvalue weighted by atomic mass is 10.2. The van der Waals surface area contributed by atoms with Gasteiger partial charge in [0.15, 0.2) is 5.82 Å². The van der Waals surface area contributed by atoms with E-state index in [9.17, 15) is 0 Å². The number of halogens is 2. The Hall–Kier alpha value is -1.10. The zero-order valence-electron chi connectivity index (χ0n) is 9.20. The fourth-order valence-electron chi connectivity index (χ4n) is 1.36. The van der Waals surface area contributed by atoms with E-state index in [0.29, 0.717) is 28.3 Å². The minimum Gasteiger partial charge on any atom is -0.334 e. The van der Waals surface area contributed by atoms with Crippen molar-refractivity contribution in [1.82, 2.24) is 15.5 Å². The molecule has 4 nitrogen and oxygen atoms in total. The molecule has 0 atom stereocenters. The fourth-order valence-corrected chi connectivity index (χ4v) is 1.88. The predicted molar refractivity (Wildman–Crippen MR) is 67.1 cm³/mol. The summed E-state index contributed by atoms with van der Waals surface area (Å²) in [5.74, 6) is 1.03. The Morgan fingerprint density at radius 3 is 2.59 bits per heavy atom. The summed E-state index contributed by atoms with van der Waals surface area (Å²) in [5.41, 5.74) is 0.720. The Morgan fingerprint density at radius 1 is 1.24 bits per heavy atom. The van der Waals surface area contributed by atoms with Crippen LogP contribution >= 0.6 is 23.2 Å². The summed E-state index contributed by atoms with van der Waals surface area (Å²) in [5, 5.41) is 8.05. The second-order valence-corrected chi connectivity index (χ2v) is 4.33. The van der Waals surface area contributed by atoms with Crippen LogP contribution in [0, 0.1) is 0 Å². The van der Waals surface area contributed by atoms with Crippen LogP contribution in [0.15, 0.2) is 22.7 Å². The molecule has 90 valence electrons. The fraction of sp³-hybridized carbons (Fsp3) is 0.273. The van der Waals surface area contributed by atoms with E-state index in [1.807, 2.05) is 6.92 Å². The van der Waals surface area contributed by atoms with Crippen LogP contribution in [0.1, 0.15) is 12.7 Å². The van der Waals surface area contributed by atoms with Gasteiger partial charge in [-0.05, 0) is 24.7 Å². The summed E-state index contributed by atoms with van der Waals surface area (Å²) in [6.07, 6.45) is 0. The highest BCUT2D eigenvalue weighted by molar-refractivity contribution is 6.35. The molecule has 0 aliphatic heterocycles. The minimum atomic E-state index is 0.419. The topological polar surface area (TPSA) is 51.0 Å². The average Bonchev–Trinajstić information content (AvgIpc) is 2.73. The van der Waals surface area contributed by atoms with Crippen LogP contribution in [0.2, 0.25) is 10.0 Å². The largest absolute Gasteiger partial charge is 0.334 e. The van der Waals surface area contributed by atoms with Crippen LogP contribution in [0.25, 0.3) is 11.5 Å². The summed E-state index contributed by atoms with van der Waals surface area (Å²) in [6.45, 7) is 3.44. The van der Waals surface area contributed by atoms with E-state index in [1.165, 1.54) is 0 Å². The lowest BCUT2D eigenvalue weighted by molar-refractivity contribution is 0.420. The molecule has 0 saturated carbocycles. The van der Waals surface area contributed by atoms with Crippen molar-refractivity contribution in [3.63, 3.8) is 0 Å². The van der Waals surface area contributed by atoms with Crippen LogP contribution in [-0.4, -0.2) is 16.7 Å². The van der Waals surface area contributed by atoms with Crippen molar-refractivity contribution in [1.29, 1.82) is 0 Å². The third kappa shape index (κ3) is 3.19. The Labute approximate surface area is 109 Å². The first-order chi connectivity index (χ1) is 8.19. The van der Waals surface area contributed by atoms with E-state index in [-0.39, 0.29) is 0 Å².